The van der Waals surface area contributed by atoms with Crippen molar-refractivity contribution in [3.05, 3.63) is 38.7 Å². The molecule has 0 aliphatic rings. The van der Waals surface area contributed by atoms with Crippen LogP contribution in [0.15, 0.2) is 33.6 Å². The minimum absolute atomic E-state index is 0.304. The Hall–Kier alpha value is -0.631. The molecule has 0 spiro atoms. The molecule has 0 unspecified atom stereocenters. The van der Waals surface area contributed by atoms with E-state index in [2.05, 4.69) is 4.94 Å². The summed E-state index contributed by atoms with van der Waals surface area (Å²) in [5, 5.41) is 0.750. The van der Waals surface area contributed by atoms with Crippen LogP contribution in [0.3, 0.4) is 0 Å². The van der Waals surface area contributed by atoms with Gasteiger partial charge in [0.2, 0.25) is 0 Å². The van der Waals surface area contributed by atoms with E-state index in [0.29, 0.717) is 14.5 Å². The second kappa shape index (κ2) is 7.40. The summed E-state index contributed by atoms with van der Waals surface area (Å²) in [5.74, 6) is 0.940. The Morgan fingerprint density at radius 1 is 1.10 bits per heavy atom. The van der Waals surface area contributed by atoms with Gasteiger partial charge < -0.3 is 0 Å². The first-order valence-corrected chi connectivity index (χ1v) is 8.59. The van der Waals surface area contributed by atoms with Gasteiger partial charge in [-0.05, 0) is 0 Å². The molecule has 0 radical (unpaired) electrons. The molecular formula is C11H11Cl2NO5Se. The van der Waals surface area contributed by atoms with Gasteiger partial charge in [-0.3, -0.25) is 0 Å². The zero-order chi connectivity index (χ0) is 15.3. The second-order valence-corrected chi connectivity index (χ2v) is 6.66. The molecular weight excluding hydrogens is 376 g/mol. The average molecular weight is 387 g/mol. The van der Waals surface area contributed by atoms with E-state index in [1.165, 1.54) is 0 Å². The van der Waals surface area contributed by atoms with Crippen LogP contribution in [-0.4, -0.2) is 28.6 Å². The maximum Gasteiger partial charge on any atom is -0.112 e. The zero-order valence-corrected chi connectivity index (χ0v) is 13.8. The second-order valence-electron chi connectivity index (χ2n) is 3.75. The fraction of sp³-hybridized carbons (Fsp3) is 0.182. The quantitative estimate of drug-likeness (QED) is 0.381. The van der Waals surface area contributed by atoms with Gasteiger partial charge >= 0.3 is 99.2 Å². The van der Waals surface area contributed by atoms with Crippen LogP contribution >= 0.6 is 11.6 Å². The van der Waals surface area contributed by atoms with Gasteiger partial charge in [-0.2, -0.15) is 0 Å². The molecule has 0 fully saturated rings. The van der Waals surface area contributed by atoms with Crippen LogP contribution in [0.5, 0.6) is 0 Å². The fourth-order valence-electron chi connectivity index (χ4n) is 1.18. The van der Waals surface area contributed by atoms with Crippen LogP contribution in [0.1, 0.15) is 0 Å². The monoisotopic (exact) mass is 387 g/mol. The van der Waals surface area contributed by atoms with Crippen LogP contribution in [0.25, 0.3) is 11.3 Å². The minimum atomic E-state index is -4.94. The van der Waals surface area contributed by atoms with Crippen molar-refractivity contribution in [1.82, 2.24) is 4.58 Å². The molecule has 0 N–H and O–H groups in total. The van der Waals surface area contributed by atoms with Crippen molar-refractivity contribution < 1.29 is 33.3 Å². The van der Waals surface area contributed by atoms with Crippen molar-refractivity contribution in [2.75, 3.05) is 14.1 Å². The Morgan fingerprint density at radius 2 is 1.60 bits per heavy atom. The van der Waals surface area contributed by atoms with E-state index in [0.717, 1.165) is 20.8 Å². The predicted octanol–water partition coefficient (Wildman–Crippen LogP) is -3.07. The third kappa shape index (κ3) is 6.69. The van der Waals surface area contributed by atoms with Gasteiger partial charge in [-0.1, -0.05) is 0 Å². The summed E-state index contributed by atoms with van der Waals surface area (Å²) in [4.78, 5) is 2.14. The average Bonchev–Trinajstić information content (AvgIpc) is 2.77. The Morgan fingerprint density at radius 3 is 2.00 bits per heavy atom. The molecule has 1 aromatic heterocycles. The normalized spacial score (nSPS) is 10.8. The molecule has 1 aromatic carbocycles. The van der Waals surface area contributed by atoms with Crippen LogP contribution < -0.4 is 27.6 Å². The van der Waals surface area contributed by atoms with Gasteiger partial charge in [-0.15, -0.1) is 10.2 Å². The molecule has 0 saturated heterocycles. The number of halogens is 2. The molecule has 9 heteroatoms. The van der Waals surface area contributed by atoms with Crippen molar-refractivity contribution >= 4 is 26.1 Å². The topological polar surface area (TPSA) is 108 Å². The number of rotatable bonds is 1. The number of benzene rings is 1. The van der Waals surface area contributed by atoms with Crippen molar-refractivity contribution in [2.45, 2.75) is 0 Å². The first-order valence-electron chi connectivity index (χ1n) is 5.13. The van der Waals surface area contributed by atoms with Gasteiger partial charge in [0.1, 0.15) is 0 Å². The number of hydrogen-bond acceptors (Lipinski definition) is 5. The van der Waals surface area contributed by atoms with E-state index in [4.69, 9.17) is 34.7 Å². The molecule has 110 valence electrons. The predicted molar refractivity (Wildman–Crippen MR) is 63.2 cm³/mol. The Kier molecular flexibility index (Phi) is 6.44. The van der Waals surface area contributed by atoms with Crippen LogP contribution in [0.2, 0.25) is 5.02 Å². The molecule has 1 heterocycles. The largest absolute Gasteiger partial charge is 0.222 e. The summed E-state index contributed by atoms with van der Waals surface area (Å²) in [6, 6.07) is 7.70. The molecule has 0 aliphatic heterocycles. The van der Waals surface area contributed by atoms with E-state index in [-0.39, 0.29) is 0 Å². The molecule has 0 saturated carbocycles. The van der Waals surface area contributed by atoms with E-state index in [9.17, 15) is 0 Å². The summed E-state index contributed by atoms with van der Waals surface area (Å²) in [5.41, 5.74) is 1.08. The van der Waals surface area contributed by atoms with Crippen LogP contribution in [0.4, 0.5) is 0 Å². The maximum absolute atomic E-state index is 8.49. The summed E-state index contributed by atoms with van der Waals surface area (Å²) < 4.78 is 42.8. The first-order chi connectivity index (χ1) is 9.16. The van der Waals surface area contributed by atoms with Gasteiger partial charge in [0.05, 0.1) is 0 Å². The smallest absolute Gasteiger partial charge is 0.112 e. The fourth-order valence-corrected chi connectivity index (χ4v) is 2.86. The summed E-state index contributed by atoms with van der Waals surface area (Å²) >= 11 is 6.13. The van der Waals surface area contributed by atoms with Crippen molar-refractivity contribution in [1.29, 1.82) is 0 Å². The first kappa shape index (κ1) is 17.4. The molecule has 0 bridgehead atoms. The molecule has 0 amide bonds. The van der Waals surface area contributed by atoms with Crippen molar-refractivity contribution in [2.24, 2.45) is 0 Å². The Bertz CT molecular complexity index is 605. The van der Waals surface area contributed by atoms with Crippen molar-refractivity contribution in [3.63, 3.8) is 0 Å². The Balaban J connectivity index is 0.000000347. The molecule has 20 heavy (non-hydrogen) atoms. The van der Waals surface area contributed by atoms with E-state index in [1.807, 2.05) is 42.9 Å². The van der Waals surface area contributed by atoms with E-state index < -0.39 is 10.2 Å². The number of nitrogens with zero attached hydrogens (tertiary/aromatic N) is 1. The maximum atomic E-state index is 8.49. The van der Waals surface area contributed by atoms with E-state index in [1.54, 1.807) is 0 Å². The third-order valence-electron chi connectivity index (χ3n) is 1.96. The summed E-state index contributed by atoms with van der Waals surface area (Å²) in [6.07, 6.45) is 0. The Labute approximate surface area is 128 Å². The SMILES string of the molecule is C[N+](C)=c1oc(-c2ccc(Cl)cc2)c[se]1.[O-][Cl+3]([O-])([O-])[O-]. The van der Waals surface area contributed by atoms with Crippen LogP contribution in [0, 0.1) is 10.2 Å². The third-order valence-corrected chi connectivity index (χ3v) is 4.27. The molecule has 2 rings (SSSR count). The minimum Gasteiger partial charge on any atom is -0.222 e. The molecule has 2 aromatic rings. The van der Waals surface area contributed by atoms with Gasteiger partial charge in [-0.25, -0.2) is 18.6 Å². The summed E-state index contributed by atoms with van der Waals surface area (Å²) in [7, 11) is -0.953. The van der Waals surface area contributed by atoms with Crippen molar-refractivity contribution in [3.8, 4) is 11.3 Å². The van der Waals surface area contributed by atoms with E-state index >= 15 is 0 Å². The summed E-state index contributed by atoms with van der Waals surface area (Å²) in [6.45, 7) is 0. The van der Waals surface area contributed by atoms with Gasteiger partial charge in [0.15, 0.2) is 0 Å². The molecule has 6 nitrogen and oxygen atoms in total. The van der Waals surface area contributed by atoms with Gasteiger partial charge in [0.25, 0.3) is 0 Å². The number of hydrogen-bond donors (Lipinski definition) is 0. The zero-order valence-electron chi connectivity index (χ0n) is 10.5. The van der Waals surface area contributed by atoms with Gasteiger partial charge in [0, 0.05) is 0 Å². The molecule has 0 atom stereocenters. The van der Waals surface area contributed by atoms with Crippen LogP contribution in [-0.2, 0) is 0 Å². The molecule has 0 aliphatic carbocycles. The standard InChI is InChI=1S/C11H11ClNOSe.ClHO4/c1-13(2)11-14-10(7-15-11)8-3-5-9(12)6-4-8;2-1(3,4)5/h3-7H,1-2H3;(H,2,3,4,5)/q+1;/p-1.